The van der Waals surface area contributed by atoms with Crippen molar-refractivity contribution in [2.45, 2.75) is 18.4 Å². The van der Waals surface area contributed by atoms with Crippen molar-refractivity contribution >= 4 is 18.4 Å². The Bertz CT molecular complexity index is 146. The Morgan fingerprint density at radius 3 is 2.18 bits per heavy atom. The summed E-state index contributed by atoms with van der Waals surface area (Å²) >= 11 is 0. The number of carbonyl (C=O) groups is 1. The van der Waals surface area contributed by atoms with Crippen molar-refractivity contribution in [2.24, 2.45) is 5.73 Å². The average molecular weight is 181 g/mol. The van der Waals surface area contributed by atoms with Crippen LogP contribution in [-0.2, 0) is 4.79 Å². The first-order chi connectivity index (χ1) is 4.65. The Balaban J connectivity index is 0.000001000. The average Bonchev–Trinajstić information content (AvgIpc) is 1.89. The Morgan fingerprint density at radius 2 is 1.91 bits per heavy atom. The number of hydrogen-bond donors (Lipinski definition) is 3. The second-order valence-corrected chi connectivity index (χ2v) is 2.71. The Morgan fingerprint density at radius 1 is 1.45 bits per heavy atom. The van der Waals surface area contributed by atoms with Crippen LogP contribution >= 0.6 is 12.4 Å². The SMILES string of the molecule is Cl.NC1(C(=O)O)CCNCC1. The summed E-state index contributed by atoms with van der Waals surface area (Å²) in [5, 5.41) is 11.7. The number of hydrogen-bond acceptors (Lipinski definition) is 3. The summed E-state index contributed by atoms with van der Waals surface area (Å²) in [4.78, 5) is 10.5. The maximum Gasteiger partial charge on any atom is 0.323 e. The van der Waals surface area contributed by atoms with Crippen LogP contribution in [0, 0.1) is 0 Å². The van der Waals surface area contributed by atoms with Gasteiger partial charge in [0.15, 0.2) is 0 Å². The molecule has 0 aliphatic carbocycles. The maximum absolute atomic E-state index is 10.5. The predicted octanol–water partition coefficient (Wildman–Crippen LogP) is -0.426. The monoisotopic (exact) mass is 180 g/mol. The zero-order chi connectivity index (χ0) is 7.61. The van der Waals surface area contributed by atoms with E-state index in [0.717, 1.165) is 0 Å². The van der Waals surface area contributed by atoms with Gasteiger partial charge in [-0.15, -0.1) is 12.4 Å². The van der Waals surface area contributed by atoms with E-state index < -0.39 is 11.5 Å². The van der Waals surface area contributed by atoms with Crippen LogP contribution in [0.15, 0.2) is 0 Å². The molecule has 0 radical (unpaired) electrons. The zero-order valence-corrected chi connectivity index (χ0v) is 6.99. The quantitative estimate of drug-likeness (QED) is 0.512. The Kier molecular flexibility index (Phi) is 3.78. The number of nitrogens with one attached hydrogen (secondary N) is 1. The summed E-state index contributed by atoms with van der Waals surface area (Å²) in [5.74, 6) is -0.881. The normalized spacial score (nSPS) is 21.9. The molecule has 0 amide bonds. The molecule has 0 aromatic carbocycles. The minimum atomic E-state index is -0.967. The summed E-state index contributed by atoms with van der Waals surface area (Å²) in [7, 11) is 0. The molecule has 0 aromatic heterocycles. The smallest absolute Gasteiger partial charge is 0.323 e. The highest BCUT2D eigenvalue weighted by molar-refractivity contribution is 5.85. The first-order valence-corrected chi connectivity index (χ1v) is 3.38. The van der Waals surface area contributed by atoms with E-state index in [1.807, 2.05) is 0 Å². The predicted molar refractivity (Wildman–Crippen MR) is 43.9 cm³/mol. The van der Waals surface area contributed by atoms with Gasteiger partial charge in [-0.2, -0.15) is 0 Å². The molecule has 1 fully saturated rings. The van der Waals surface area contributed by atoms with Gasteiger partial charge in [0.05, 0.1) is 0 Å². The van der Waals surface area contributed by atoms with Crippen LogP contribution in [-0.4, -0.2) is 29.7 Å². The minimum Gasteiger partial charge on any atom is -0.480 e. The molecule has 0 unspecified atom stereocenters. The molecule has 0 aromatic rings. The molecule has 0 atom stereocenters. The molecule has 4 nitrogen and oxygen atoms in total. The highest BCUT2D eigenvalue weighted by Gasteiger charge is 2.34. The molecule has 1 aliphatic rings. The number of nitrogens with two attached hydrogens (primary N) is 1. The van der Waals surface area contributed by atoms with Gasteiger partial charge in [-0.05, 0) is 25.9 Å². The van der Waals surface area contributed by atoms with E-state index >= 15 is 0 Å². The minimum absolute atomic E-state index is 0. The van der Waals surface area contributed by atoms with E-state index in [9.17, 15) is 4.79 Å². The van der Waals surface area contributed by atoms with Gasteiger partial charge in [-0.1, -0.05) is 0 Å². The summed E-state index contributed by atoms with van der Waals surface area (Å²) in [5.41, 5.74) is 4.60. The van der Waals surface area contributed by atoms with Crippen molar-refractivity contribution in [1.29, 1.82) is 0 Å². The second kappa shape index (κ2) is 3.90. The fraction of sp³-hybridized carbons (Fsp3) is 0.833. The lowest BCUT2D eigenvalue weighted by atomic mass is 9.90. The summed E-state index contributed by atoms with van der Waals surface area (Å²) in [6.07, 6.45) is 1.06. The van der Waals surface area contributed by atoms with Crippen LogP contribution in [0.2, 0.25) is 0 Å². The van der Waals surface area contributed by atoms with Gasteiger partial charge in [-0.25, -0.2) is 0 Å². The van der Waals surface area contributed by atoms with Crippen molar-refractivity contribution in [3.8, 4) is 0 Å². The van der Waals surface area contributed by atoms with Gasteiger partial charge in [0.1, 0.15) is 5.54 Å². The largest absolute Gasteiger partial charge is 0.480 e. The van der Waals surface area contributed by atoms with Gasteiger partial charge in [0.2, 0.25) is 0 Å². The fourth-order valence-electron chi connectivity index (χ4n) is 1.09. The van der Waals surface area contributed by atoms with Crippen molar-refractivity contribution in [2.75, 3.05) is 13.1 Å². The number of carboxylic acid groups (broad SMARTS) is 1. The van der Waals surface area contributed by atoms with Gasteiger partial charge >= 0.3 is 5.97 Å². The fourth-order valence-corrected chi connectivity index (χ4v) is 1.09. The third-order valence-corrected chi connectivity index (χ3v) is 1.92. The van der Waals surface area contributed by atoms with Crippen LogP contribution in [0.5, 0.6) is 0 Å². The molecular formula is C6H13ClN2O2. The van der Waals surface area contributed by atoms with Gasteiger partial charge < -0.3 is 16.2 Å². The lowest BCUT2D eigenvalue weighted by Gasteiger charge is -2.29. The van der Waals surface area contributed by atoms with Crippen LogP contribution in [0.1, 0.15) is 12.8 Å². The van der Waals surface area contributed by atoms with Crippen LogP contribution in [0.4, 0.5) is 0 Å². The Hall–Kier alpha value is -0.320. The van der Waals surface area contributed by atoms with Gasteiger partial charge in [-0.3, -0.25) is 4.79 Å². The molecule has 0 spiro atoms. The molecular weight excluding hydrogens is 168 g/mol. The van der Waals surface area contributed by atoms with Crippen LogP contribution in [0.25, 0.3) is 0 Å². The summed E-state index contributed by atoms with van der Waals surface area (Å²) in [6.45, 7) is 1.42. The zero-order valence-electron chi connectivity index (χ0n) is 6.17. The lowest BCUT2D eigenvalue weighted by Crippen LogP contribution is -2.54. The molecule has 1 aliphatic heterocycles. The van der Waals surface area contributed by atoms with Crippen molar-refractivity contribution in [1.82, 2.24) is 5.32 Å². The summed E-state index contributed by atoms with van der Waals surface area (Å²) < 4.78 is 0. The van der Waals surface area contributed by atoms with Crippen LogP contribution in [0.3, 0.4) is 0 Å². The van der Waals surface area contributed by atoms with Gasteiger partial charge in [0.25, 0.3) is 0 Å². The maximum atomic E-state index is 10.5. The Labute approximate surface area is 71.6 Å². The number of rotatable bonds is 1. The first-order valence-electron chi connectivity index (χ1n) is 3.38. The van der Waals surface area contributed by atoms with Crippen molar-refractivity contribution in [3.05, 3.63) is 0 Å². The van der Waals surface area contributed by atoms with E-state index in [4.69, 9.17) is 10.8 Å². The molecule has 4 N–H and O–H groups in total. The number of carboxylic acids is 1. The number of aliphatic carboxylic acids is 1. The highest BCUT2D eigenvalue weighted by Crippen LogP contribution is 2.14. The molecule has 11 heavy (non-hydrogen) atoms. The first kappa shape index (κ1) is 10.7. The highest BCUT2D eigenvalue weighted by atomic mass is 35.5. The third kappa shape index (κ3) is 2.32. The van der Waals surface area contributed by atoms with E-state index in [0.29, 0.717) is 25.9 Å². The molecule has 0 bridgehead atoms. The van der Waals surface area contributed by atoms with E-state index in [1.165, 1.54) is 0 Å². The molecule has 5 heteroatoms. The van der Waals surface area contributed by atoms with Crippen molar-refractivity contribution < 1.29 is 9.90 Å². The van der Waals surface area contributed by atoms with Gasteiger partial charge in [0, 0.05) is 0 Å². The van der Waals surface area contributed by atoms with Crippen molar-refractivity contribution in [3.63, 3.8) is 0 Å². The number of halogens is 1. The molecule has 1 rings (SSSR count). The molecule has 1 saturated heterocycles. The van der Waals surface area contributed by atoms with E-state index in [-0.39, 0.29) is 12.4 Å². The number of piperidine rings is 1. The topological polar surface area (TPSA) is 75.4 Å². The molecule has 0 saturated carbocycles. The third-order valence-electron chi connectivity index (χ3n) is 1.92. The lowest BCUT2D eigenvalue weighted by molar-refractivity contribution is -0.144. The van der Waals surface area contributed by atoms with Crippen LogP contribution < -0.4 is 11.1 Å². The standard InChI is InChI=1S/C6H12N2O2.ClH/c7-6(5(9)10)1-3-8-4-2-6;/h8H,1-4,7H2,(H,9,10);1H. The second-order valence-electron chi connectivity index (χ2n) is 2.71. The summed E-state index contributed by atoms with van der Waals surface area (Å²) in [6, 6.07) is 0. The van der Waals surface area contributed by atoms with E-state index in [2.05, 4.69) is 5.32 Å². The molecule has 1 heterocycles. The molecule has 66 valence electrons. The van der Waals surface area contributed by atoms with E-state index in [1.54, 1.807) is 0 Å².